The zero-order chi connectivity index (χ0) is 12.4. The number of aromatic nitrogens is 3. The smallest absolute Gasteiger partial charge is 0.215 e. The molecule has 2 aromatic heterocycles. The van der Waals surface area contributed by atoms with Crippen LogP contribution < -0.4 is 10.5 Å². The number of nitrogen functional groups attached to an aromatic ring is 1. The third kappa shape index (κ3) is 2.03. The van der Waals surface area contributed by atoms with Crippen LogP contribution in [0.4, 0.5) is 5.95 Å². The number of imidazole rings is 1. The molecule has 1 atom stereocenters. The molecule has 92 valence electrons. The Morgan fingerprint density at radius 1 is 1.35 bits per heavy atom. The zero-order valence-electron chi connectivity index (χ0n) is 10.2. The lowest BCUT2D eigenvalue weighted by molar-refractivity contribution is 0.164. The number of nitrogens with zero attached hydrogens (tertiary/aromatic N) is 3. The lowest BCUT2D eigenvalue weighted by atomic mass is 10.3. The van der Waals surface area contributed by atoms with Crippen molar-refractivity contribution >= 4 is 17.1 Å². The van der Waals surface area contributed by atoms with Crippen molar-refractivity contribution in [3.8, 4) is 5.88 Å². The first kappa shape index (κ1) is 11.7. The zero-order valence-corrected chi connectivity index (χ0v) is 10.2. The summed E-state index contributed by atoms with van der Waals surface area (Å²) in [7, 11) is 3.23. The minimum absolute atomic E-state index is 0.0737. The summed E-state index contributed by atoms with van der Waals surface area (Å²) in [6, 6.07) is 3.68. The van der Waals surface area contributed by atoms with Gasteiger partial charge in [0.2, 0.25) is 11.8 Å². The van der Waals surface area contributed by atoms with E-state index in [1.807, 2.05) is 17.6 Å². The Balaban J connectivity index is 2.55. The summed E-state index contributed by atoms with van der Waals surface area (Å²) in [6.07, 6.45) is 0. The molecule has 2 aromatic rings. The highest BCUT2D eigenvalue weighted by Gasteiger charge is 2.15. The molecule has 0 amide bonds. The standard InChI is InChI=1S/C11H16N4O2/c1-7(6-16-2)15-10-8(13-11(15)12)4-5-9(14-10)17-3/h4-5,7H,6H2,1-3H3,(H2,12,13). The first-order chi connectivity index (χ1) is 8.17. The average Bonchev–Trinajstić information content (AvgIpc) is 2.64. The highest BCUT2D eigenvalue weighted by molar-refractivity contribution is 5.75. The summed E-state index contributed by atoms with van der Waals surface area (Å²) in [5.74, 6) is 0.980. The summed E-state index contributed by atoms with van der Waals surface area (Å²) in [4.78, 5) is 8.62. The molecule has 0 aromatic carbocycles. The van der Waals surface area contributed by atoms with E-state index in [-0.39, 0.29) is 6.04 Å². The first-order valence-electron chi connectivity index (χ1n) is 5.34. The molecule has 2 rings (SSSR count). The summed E-state index contributed by atoms with van der Waals surface area (Å²) in [5, 5.41) is 0. The van der Waals surface area contributed by atoms with Crippen molar-refractivity contribution < 1.29 is 9.47 Å². The van der Waals surface area contributed by atoms with E-state index in [1.165, 1.54) is 0 Å². The van der Waals surface area contributed by atoms with E-state index in [4.69, 9.17) is 15.2 Å². The number of methoxy groups -OCH3 is 2. The van der Waals surface area contributed by atoms with Gasteiger partial charge in [0.1, 0.15) is 5.52 Å². The third-order valence-corrected chi connectivity index (χ3v) is 2.60. The van der Waals surface area contributed by atoms with E-state index in [0.717, 1.165) is 5.52 Å². The van der Waals surface area contributed by atoms with Gasteiger partial charge in [-0.1, -0.05) is 0 Å². The van der Waals surface area contributed by atoms with E-state index in [1.54, 1.807) is 20.3 Å². The molecular formula is C11H16N4O2. The van der Waals surface area contributed by atoms with E-state index >= 15 is 0 Å². The van der Waals surface area contributed by atoms with Crippen LogP contribution in [0.25, 0.3) is 11.2 Å². The van der Waals surface area contributed by atoms with Crippen LogP contribution in [0, 0.1) is 0 Å². The number of rotatable bonds is 4. The van der Waals surface area contributed by atoms with Gasteiger partial charge in [0.15, 0.2) is 5.65 Å². The van der Waals surface area contributed by atoms with Crippen molar-refractivity contribution in [2.75, 3.05) is 26.6 Å². The number of hydrogen-bond acceptors (Lipinski definition) is 5. The quantitative estimate of drug-likeness (QED) is 0.864. The molecule has 0 fully saturated rings. The Morgan fingerprint density at radius 3 is 2.76 bits per heavy atom. The predicted octanol–water partition coefficient (Wildman–Crippen LogP) is 1.23. The number of fused-ring (bicyclic) bond motifs is 1. The van der Waals surface area contributed by atoms with Crippen LogP contribution in [0.5, 0.6) is 5.88 Å². The van der Waals surface area contributed by atoms with Crippen molar-refractivity contribution in [2.45, 2.75) is 13.0 Å². The molecule has 0 spiro atoms. The van der Waals surface area contributed by atoms with Gasteiger partial charge < -0.3 is 15.2 Å². The van der Waals surface area contributed by atoms with Crippen LogP contribution >= 0.6 is 0 Å². The van der Waals surface area contributed by atoms with E-state index in [0.29, 0.717) is 24.1 Å². The maximum absolute atomic E-state index is 5.89. The Hall–Kier alpha value is -1.82. The molecule has 0 aliphatic carbocycles. The molecule has 0 aliphatic heterocycles. The summed E-state index contributed by atoms with van der Waals surface area (Å²) in [6.45, 7) is 2.55. The molecule has 1 unspecified atom stereocenters. The van der Waals surface area contributed by atoms with Crippen molar-refractivity contribution in [3.05, 3.63) is 12.1 Å². The Labute approximate surface area is 99.4 Å². The van der Waals surface area contributed by atoms with Gasteiger partial charge in [-0.2, -0.15) is 4.98 Å². The van der Waals surface area contributed by atoms with Gasteiger partial charge in [-0.25, -0.2) is 4.98 Å². The highest BCUT2D eigenvalue weighted by atomic mass is 16.5. The number of pyridine rings is 1. The summed E-state index contributed by atoms with van der Waals surface area (Å²) < 4.78 is 12.1. The number of ether oxygens (including phenoxy) is 2. The lowest BCUT2D eigenvalue weighted by Gasteiger charge is -2.14. The highest BCUT2D eigenvalue weighted by Crippen LogP contribution is 2.23. The van der Waals surface area contributed by atoms with Crippen LogP contribution in [0.2, 0.25) is 0 Å². The van der Waals surface area contributed by atoms with Gasteiger partial charge >= 0.3 is 0 Å². The second-order valence-corrected chi connectivity index (χ2v) is 3.84. The largest absolute Gasteiger partial charge is 0.481 e. The normalized spacial score (nSPS) is 12.9. The molecule has 0 aliphatic rings. The molecule has 6 heteroatoms. The summed E-state index contributed by atoms with van der Waals surface area (Å²) >= 11 is 0. The molecule has 6 nitrogen and oxygen atoms in total. The second kappa shape index (κ2) is 4.58. The lowest BCUT2D eigenvalue weighted by Crippen LogP contribution is -2.14. The first-order valence-corrected chi connectivity index (χ1v) is 5.34. The van der Waals surface area contributed by atoms with Crippen molar-refractivity contribution in [3.63, 3.8) is 0 Å². The monoisotopic (exact) mass is 236 g/mol. The van der Waals surface area contributed by atoms with Gasteiger partial charge in [0, 0.05) is 13.2 Å². The third-order valence-electron chi connectivity index (χ3n) is 2.60. The van der Waals surface area contributed by atoms with E-state index in [9.17, 15) is 0 Å². The average molecular weight is 236 g/mol. The minimum atomic E-state index is 0.0737. The van der Waals surface area contributed by atoms with Gasteiger partial charge in [0.25, 0.3) is 0 Å². The fourth-order valence-electron chi connectivity index (χ4n) is 1.84. The van der Waals surface area contributed by atoms with Gasteiger partial charge in [0.05, 0.1) is 19.8 Å². The molecule has 2 N–H and O–H groups in total. The molecular weight excluding hydrogens is 220 g/mol. The maximum atomic E-state index is 5.89. The number of hydrogen-bond donors (Lipinski definition) is 1. The van der Waals surface area contributed by atoms with Crippen molar-refractivity contribution in [1.82, 2.24) is 14.5 Å². The number of nitrogens with two attached hydrogens (primary N) is 1. The van der Waals surface area contributed by atoms with Gasteiger partial charge in [-0.05, 0) is 13.0 Å². The van der Waals surface area contributed by atoms with Gasteiger partial charge in [-0.15, -0.1) is 0 Å². The van der Waals surface area contributed by atoms with Crippen LogP contribution in [0.15, 0.2) is 12.1 Å². The van der Waals surface area contributed by atoms with Crippen molar-refractivity contribution in [1.29, 1.82) is 0 Å². The summed E-state index contributed by atoms with van der Waals surface area (Å²) in [5.41, 5.74) is 7.36. The Bertz CT molecular complexity index is 523. The molecule has 2 heterocycles. The van der Waals surface area contributed by atoms with Crippen LogP contribution in [-0.4, -0.2) is 35.4 Å². The fourth-order valence-corrected chi connectivity index (χ4v) is 1.84. The molecule has 0 bridgehead atoms. The van der Waals surface area contributed by atoms with Crippen LogP contribution in [0.1, 0.15) is 13.0 Å². The number of anilines is 1. The van der Waals surface area contributed by atoms with Crippen LogP contribution in [-0.2, 0) is 4.74 Å². The van der Waals surface area contributed by atoms with Crippen LogP contribution in [0.3, 0.4) is 0 Å². The molecule has 17 heavy (non-hydrogen) atoms. The maximum Gasteiger partial charge on any atom is 0.215 e. The Morgan fingerprint density at radius 2 is 2.12 bits per heavy atom. The minimum Gasteiger partial charge on any atom is -0.481 e. The molecule has 0 radical (unpaired) electrons. The molecule has 0 saturated carbocycles. The fraction of sp³-hybridized carbons (Fsp3) is 0.455. The predicted molar refractivity (Wildman–Crippen MR) is 65.1 cm³/mol. The Kier molecular flexibility index (Phi) is 3.14. The van der Waals surface area contributed by atoms with E-state index < -0.39 is 0 Å². The van der Waals surface area contributed by atoms with Crippen molar-refractivity contribution in [2.24, 2.45) is 0 Å². The SMILES string of the molecule is COCC(C)n1c(N)nc2ccc(OC)nc21. The van der Waals surface area contributed by atoms with E-state index in [2.05, 4.69) is 9.97 Å². The molecule has 0 saturated heterocycles. The van der Waals surface area contributed by atoms with Gasteiger partial charge in [-0.3, -0.25) is 4.57 Å². The second-order valence-electron chi connectivity index (χ2n) is 3.84. The topological polar surface area (TPSA) is 75.2 Å².